The number of carbonyl (C=O) groups is 2. The number of nitrogens with zero attached hydrogens (tertiary/aromatic N) is 2. The summed E-state index contributed by atoms with van der Waals surface area (Å²) in [7, 11) is 0. The molecule has 0 spiro atoms. The molecule has 0 N–H and O–H groups in total. The molecule has 132 valence electrons. The zero-order valence-electron chi connectivity index (χ0n) is 14.3. The number of aryl methyl sites for hydroxylation is 1. The van der Waals surface area contributed by atoms with Crippen molar-refractivity contribution in [3.8, 4) is 0 Å². The minimum atomic E-state index is -0.539. The SMILES string of the molecule is Cc1ccccc1N1C(=O)C(=C2SCCS2)C(=O)C1Cc1ccccn1. The van der Waals surface area contributed by atoms with Crippen molar-refractivity contribution in [2.45, 2.75) is 19.4 Å². The molecule has 0 radical (unpaired) electrons. The Bertz CT molecular complexity index is 888. The van der Waals surface area contributed by atoms with Crippen molar-refractivity contribution in [2.24, 2.45) is 0 Å². The first-order valence-corrected chi connectivity index (χ1v) is 10.5. The molecular formula is C20H18N2O2S2. The maximum atomic E-state index is 13.3. The molecule has 2 fully saturated rings. The minimum Gasteiger partial charge on any atom is -0.297 e. The van der Waals surface area contributed by atoms with Crippen molar-refractivity contribution in [2.75, 3.05) is 16.4 Å². The highest BCUT2D eigenvalue weighted by molar-refractivity contribution is 8.25. The number of aromatic nitrogens is 1. The van der Waals surface area contributed by atoms with Crippen LogP contribution in [0.15, 0.2) is 58.5 Å². The molecule has 4 nitrogen and oxygen atoms in total. The van der Waals surface area contributed by atoms with E-state index in [4.69, 9.17) is 0 Å². The van der Waals surface area contributed by atoms with E-state index in [1.54, 1.807) is 34.6 Å². The molecule has 1 atom stereocenters. The first kappa shape index (κ1) is 17.4. The summed E-state index contributed by atoms with van der Waals surface area (Å²) in [6, 6.07) is 12.8. The fraction of sp³-hybridized carbons (Fsp3) is 0.250. The number of hydrogen-bond acceptors (Lipinski definition) is 5. The number of rotatable bonds is 3. The highest BCUT2D eigenvalue weighted by atomic mass is 32.2. The number of anilines is 1. The van der Waals surface area contributed by atoms with Crippen LogP contribution in [0.3, 0.4) is 0 Å². The van der Waals surface area contributed by atoms with Gasteiger partial charge in [0, 0.05) is 35.5 Å². The van der Waals surface area contributed by atoms with Gasteiger partial charge < -0.3 is 0 Å². The van der Waals surface area contributed by atoms with Crippen molar-refractivity contribution in [1.29, 1.82) is 0 Å². The Morgan fingerprint density at radius 2 is 1.81 bits per heavy atom. The van der Waals surface area contributed by atoms with Crippen LogP contribution in [0.5, 0.6) is 0 Å². The second kappa shape index (κ2) is 7.29. The fourth-order valence-electron chi connectivity index (χ4n) is 3.31. The van der Waals surface area contributed by atoms with Crippen molar-refractivity contribution >= 4 is 40.9 Å². The van der Waals surface area contributed by atoms with Gasteiger partial charge in [-0.2, -0.15) is 0 Å². The highest BCUT2D eigenvalue weighted by Gasteiger charge is 2.46. The van der Waals surface area contributed by atoms with Crippen LogP contribution in [0.25, 0.3) is 0 Å². The van der Waals surface area contributed by atoms with Crippen LogP contribution in [0.4, 0.5) is 5.69 Å². The zero-order valence-corrected chi connectivity index (χ0v) is 16.0. The van der Waals surface area contributed by atoms with Gasteiger partial charge in [-0.15, -0.1) is 23.5 Å². The summed E-state index contributed by atoms with van der Waals surface area (Å²) >= 11 is 3.23. The van der Waals surface area contributed by atoms with Gasteiger partial charge in [0.25, 0.3) is 5.91 Å². The second-order valence-corrected chi connectivity index (χ2v) is 8.70. The smallest absolute Gasteiger partial charge is 0.264 e. The molecule has 2 aliphatic rings. The zero-order chi connectivity index (χ0) is 18.1. The first-order chi connectivity index (χ1) is 12.7. The third-order valence-corrected chi connectivity index (χ3v) is 7.27. The molecule has 2 aromatic rings. The standard InChI is InChI=1S/C20H18N2O2S2/c1-13-6-2-3-8-15(13)22-16(12-14-7-4-5-9-21-14)18(23)17(19(22)24)20-25-10-11-26-20/h2-9,16H,10-12H2,1H3. The fourth-order valence-corrected chi connectivity index (χ4v) is 5.84. The van der Waals surface area contributed by atoms with Crippen LogP contribution in [-0.4, -0.2) is 34.2 Å². The lowest BCUT2D eigenvalue weighted by molar-refractivity contribution is -0.116. The summed E-state index contributed by atoms with van der Waals surface area (Å²) in [5.41, 5.74) is 2.96. The number of pyridine rings is 1. The summed E-state index contributed by atoms with van der Waals surface area (Å²) < 4.78 is 0.877. The van der Waals surface area contributed by atoms with Crippen LogP contribution in [0, 0.1) is 6.92 Å². The lowest BCUT2D eigenvalue weighted by atomic mass is 10.0. The topological polar surface area (TPSA) is 50.3 Å². The van der Waals surface area contributed by atoms with E-state index < -0.39 is 6.04 Å². The van der Waals surface area contributed by atoms with Crippen LogP contribution >= 0.6 is 23.5 Å². The van der Waals surface area contributed by atoms with Gasteiger partial charge in [0.1, 0.15) is 11.6 Å². The summed E-state index contributed by atoms with van der Waals surface area (Å²) in [5, 5.41) is 0. The normalized spacial score (nSPS) is 20.3. The van der Waals surface area contributed by atoms with E-state index in [-0.39, 0.29) is 11.7 Å². The molecule has 26 heavy (non-hydrogen) atoms. The largest absolute Gasteiger partial charge is 0.297 e. The third kappa shape index (κ3) is 3.08. The van der Waals surface area contributed by atoms with Crippen LogP contribution in [-0.2, 0) is 16.0 Å². The van der Waals surface area contributed by atoms with Gasteiger partial charge in [0.2, 0.25) is 0 Å². The lowest BCUT2D eigenvalue weighted by Gasteiger charge is -2.24. The predicted molar refractivity (Wildman–Crippen MR) is 107 cm³/mol. The molecule has 0 bridgehead atoms. The average Bonchev–Trinajstić information content (AvgIpc) is 3.24. The van der Waals surface area contributed by atoms with Gasteiger partial charge in [-0.3, -0.25) is 19.5 Å². The van der Waals surface area contributed by atoms with E-state index in [1.807, 2.05) is 49.4 Å². The Labute approximate surface area is 161 Å². The Hall–Kier alpha value is -2.05. The second-order valence-electron chi connectivity index (χ2n) is 6.23. The Balaban J connectivity index is 1.80. The predicted octanol–water partition coefficient (Wildman–Crippen LogP) is 3.61. The Morgan fingerprint density at radius 3 is 2.50 bits per heavy atom. The molecule has 1 unspecified atom stereocenters. The van der Waals surface area contributed by atoms with E-state index >= 15 is 0 Å². The first-order valence-electron chi connectivity index (χ1n) is 8.50. The van der Waals surface area contributed by atoms with Crippen LogP contribution < -0.4 is 4.90 Å². The number of para-hydroxylation sites is 1. The van der Waals surface area contributed by atoms with E-state index in [9.17, 15) is 9.59 Å². The summed E-state index contributed by atoms with van der Waals surface area (Å²) in [4.78, 5) is 32.5. The third-order valence-electron chi connectivity index (χ3n) is 4.55. The molecule has 6 heteroatoms. The Kier molecular flexibility index (Phi) is 4.87. The lowest BCUT2D eigenvalue weighted by Crippen LogP contribution is -2.37. The van der Waals surface area contributed by atoms with Crippen molar-refractivity contribution < 1.29 is 9.59 Å². The van der Waals surface area contributed by atoms with Crippen molar-refractivity contribution in [1.82, 2.24) is 4.98 Å². The molecule has 4 rings (SSSR count). The van der Waals surface area contributed by atoms with E-state index in [0.29, 0.717) is 12.0 Å². The van der Waals surface area contributed by atoms with E-state index in [1.165, 1.54) is 0 Å². The van der Waals surface area contributed by atoms with Gasteiger partial charge >= 0.3 is 0 Å². The van der Waals surface area contributed by atoms with Gasteiger partial charge in [0.15, 0.2) is 5.78 Å². The average molecular weight is 383 g/mol. The molecule has 1 aromatic heterocycles. The molecule has 3 heterocycles. The summed E-state index contributed by atoms with van der Waals surface area (Å²) in [6.07, 6.45) is 2.14. The molecule has 0 aliphatic carbocycles. The monoisotopic (exact) mass is 382 g/mol. The number of Topliss-reactive ketones (excluding diaryl/α,β-unsaturated/α-hetero) is 1. The van der Waals surface area contributed by atoms with Gasteiger partial charge in [0.05, 0.1) is 4.24 Å². The Morgan fingerprint density at radius 1 is 1.08 bits per heavy atom. The van der Waals surface area contributed by atoms with Gasteiger partial charge in [-0.25, -0.2) is 0 Å². The van der Waals surface area contributed by atoms with Gasteiger partial charge in [-0.05, 0) is 30.7 Å². The quantitative estimate of drug-likeness (QED) is 0.600. The van der Waals surface area contributed by atoms with Crippen molar-refractivity contribution in [3.05, 3.63) is 69.7 Å². The highest BCUT2D eigenvalue weighted by Crippen LogP contribution is 2.43. The number of ketones is 1. The van der Waals surface area contributed by atoms with Crippen molar-refractivity contribution in [3.63, 3.8) is 0 Å². The van der Waals surface area contributed by atoms with Crippen LogP contribution in [0.1, 0.15) is 11.3 Å². The van der Waals surface area contributed by atoms with E-state index in [2.05, 4.69) is 4.98 Å². The maximum absolute atomic E-state index is 13.3. The molecule has 0 saturated carbocycles. The number of benzene rings is 1. The summed E-state index contributed by atoms with van der Waals surface area (Å²) in [6.45, 7) is 1.97. The molecule has 1 aromatic carbocycles. The minimum absolute atomic E-state index is 0.0826. The van der Waals surface area contributed by atoms with E-state index in [0.717, 1.165) is 32.7 Å². The molecule has 2 saturated heterocycles. The van der Waals surface area contributed by atoms with Crippen LogP contribution in [0.2, 0.25) is 0 Å². The molecule has 1 amide bonds. The summed E-state index contributed by atoms with van der Waals surface area (Å²) in [5.74, 6) is 1.63. The maximum Gasteiger partial charge on any atom is 0.264 e. The molecular weight excluding hydrogens is 364 g/mol. The number of thioether (sulfide) groups is 2. The molecule has 2 aliphatic heterocycles. The number of amides is 1. The van der Waals surface area contributed by atoms with Gasteiger partial charge in [-0.1, -0.05) is 24.3 Å². The number of hydrogen-bond donors (Lipinski definition) is 0. The number of carbonyl (C=O) groups excluding carboxylic acids is 2.